The number of hydrogen-bond donors (Lipinski definition) is 2. The van der Waals surface area contributed by atoms with E-state index in [2.05, 4.69) is 4.98 Å². The third kappa shape index (κ3) is 5.83. The lowest BCUT2D eigenvalue weighted by Crippen LogP contribution is -2.36. The Morgan fingerprint density at radius 2 is 1.65 bits per heavy atom. The number of alkyl halides is 3. The number of rotatable bonds is 8. The zero-order chi connectivity index (χ0) is 30.0. The van der Waals surface area contributed by atoms with E-state index < -0.39 is 17.9 Å². The molecule has 43 heavy (non-hydrogen) atoms. The van der Waals surface area contributed by atoms with Crippen LogP contribution in [0.1, 0.15) is 17.5 Å². The number of anilines is 1. The van der Waals surface area contributed by atoms with Gasteiger partial charge in [-0.2, -0.15) is 13.2 Å². The zero-order valence-electron chi connectivity index (χ0n) is 23.1. The van der Waals surface area contributed by atoms with Gasteiger partial charge in [0.1, 0.15) is 5.75 Å². The molecule has 222 valence electrons. The summed E-state index contributed by atoms with van der Waals surface area (Å²) in [5.41, 5.74) is 0.917. The first-order valence-corrected chi connectivity index (χ1v) is 14.0. The van der Waals surface area contributed by atoms with Gasteiger partial charge in [-0.25, -0.2) is 4.79 Å². The first-order chi connectivity index (χ1) is 20.8. The van der Waals surface area contributed by atoms with Gasteiger partial charge in [0.05, 0.1) is 30.9 Å². The second-order valence-electron chi connectivity index (χ2n) is 10.3. The number of para-hydroxylation sites is 1. The number of aromatic amines is 1. The minimum Gasteiger partial charge on any atom is -0.493 e. The van der Waals surface area contributed by atoms with Crippen molar-refractivity contribution >= 4 is 33.5 Å². The van der Waals surface area contributed by atoms with Crippen LogP contribution in [0.5, 0.6) is 11.6 Å². The average Bonchev–Trinajstić information content (AvgIpc) is 3.35. The van der Waals surface area contributed by atoms with Crippen molar-refractivity contribution in [2.75, 3.05) is 37.8 Å². The highest BCUT2D eigenvalue weighted by Crippen LogP contribution is 2.46. The van der Waals surface area contributed by atoms with Crippen LogP contribution < -0.4 is 14.4 Å². The second kappa shape index (κ2) is 11.9. The fourth-order valence-electron chi connectivity index (χ4n) is 5.76. The van der Waals surface area contributed by atoms with Crippen molar-refractivity contribution in [3.63, 3.8) is 0 Å². The molecule has 1 aliphatic heterocycles. The van der Waals surface area contributed by atoms with Gasteiger partial charge in [-0.3, -0.25) is 0 Å². The van der Waals surface area contributed by atoms with Crippen molar-refractivity contribution in [3.05, 3.63) is 90.0 Å². The third-order valence-electron chi connectivity index (χ3n) is 7.64. The number of morpholine rings is 1. The molecule has 6 rings (SSSR count). The number of carbonyl (C=O) groups is 1. The summed E-state index contributed by atoms with van der Waals surface area (Å²) in [7, 11) is 0. The van der Waals surface area contributed by atoms with Crippen molar-refractivity contribution in [2.24, 2.45) is 0 Å². The van der Waals surface area contributed by atoms with Gasteiger partial charge in [0.2, 0.25) is 5.88 Å². The number of benzene rings is 4. The van der Waals surface area contributed by atoms with Gasteiger partial charge in [-0.1, -0.05) is 60.7 Å². The molecule has 0 radical (unpaired) electrons. The summed E-state index contributed by atoms with van der Waals surface area (Å²) in [6.45, 7) is 2.05. The molecule has 1 aliphatic rings. The van der Waals surface area contributed by atoms with E-state index in [4.69, 9.17) is 14.2 Å². The molecular weight excluding hydrogens is 561 g/mol. The van der Waals surface area contributed by atoms with Gasteiger partial charge in [0, 0.05) is 46.2 Å². The highest BCUT2D eigenvalue weighted by Gasteiger charge is 2.36. The third-order valence-corrected chi connectivity index (χ3v) is 7.64. The summed E-state index contributed by atoms with van der Waals surface area (Å²) in [6.07, 6.45) is -5.26. The molecule has 2 heterocycles. The Balaban J connectivity index is 1.37. The monoisotopic (exact) mass is 590 g/mol. The Hall–Kier alpha value is -4.70. The Morgan fingerprint density at radius 1 is 0.930 bits per heavy atom. The van der Waals surface area contributed by atoms with Crippen LogP contribution in [0.2, 0.25) is 0 Å². The molecule has 0 aliphatic carbocycles. The van der Waals surface area contributed by atoms with Crippen LogP contribution in [0, 0.1) is 0 Å². The molecule has 2 N–H and O–H groups in total. The normalized spacial score (nSPS) is 13.9. The number of carboxylic acid groups (broad SMARTS) is 1. The second-order valence-corrected chi connectivity index (χ2v) is 10.3. The number of aryl methyl sites for hydroxylation is 1. The lowest BCUT2D eigenvalue weighted by atomic mass is 9.94. The maximum atomic E-state index is 14.4. The molecule has 1 fully saturated rings. The fourth-order valence-corrected chi connectivity index (χ4v) is 5.76. The van der Waals surface area contributed by atoms with Crippen LogP contribution in [0.4, 0.5) is 23.7 Å². The number of H-pyrrole nitrogens is 1. The van der Waals surface area contributed by atoms with Gasteiger partial charge in [0.25, 0.3) is 0 Å². The number of halogens is 3. The fraction of sp³-hybridized carbons (Fsp3) is 0.242. The van der Waals surface area contributed by atoms with Crippen LogP contribution in [0.15, 0.2) is 78.9 Å². The Kier molecular flexibility index (Phi) is 7.86. The van der Waals surface area contributed by atoms with Gasteiger partial charge in [-0.05, 0) is 36.4 Å². The van der Waals surface area contributed by atoms with E-state index in [-0.39, 0.29) is 11.4 Å². The predicted molar refractivity (Wildman–Crippen MR) is 158 cm³/mol. The van der Waals surface area contributed by atoms with Crippen molar-refractivity contribution in [1.82, 2.24) is 4.98 Å². The lowest BCUT2D eigenvalue weighted by Gasteiger charge is -2.32. The van der Waals surface area contributed by atoms with E-state index >= 15 is 0 Å². The van der Waals surface area contributed by atoms with Crippen molar-refractivity contribution in [1.29, 1.82) is 0 Å². The maximum Gasteiger partial charge on any atom is 0.512 e. The topological polar surface area (TPSA) is 84.0 Å². The Labute approximate surface area is 245 Å². The molecule has 0 spiro atoms. The van der Waals surface area contributed by atoms with E-state index in [1.54, 1.807) is 24.3 Å². The molecule has 1 saturated heterocycles. The summed E-state index contributed by atoms with van der Waals surface area (Å²) in [5, 5.41) is 12.1. The lowest BCUT2D eigenvalue weighted by molar-refractivity contribution is -0.137. The highest BCUT2D eigenvalue weighted by atomic mass is 19.4. The highest BCUT2D eigenvalue weighted by molar-refractivity contribution is 6.01. The van der Waals surface area contributed by atoms with E-state index in [1.807, 2.05) is 47.4 Å². The summed E-state index contributed by atoms with van der Waals surface area (Å²) in [4.78, 5) is 16.5. The van der Waals surface area contributed by atoms with Crippen molar-refractivity contribution < 1.29 is 37.3 Å². The minimum atomic E-state index is -4.62. The van der Waals surface area contributed by atoms with Crippen molar-refractivity contribution in [3.8, 4) is 22.8 Å². The number of fused-ring (bicyclic) bond motifs is 2. The molecule has 4 aromatic carbocycles. The number of hydrogen-bond acceptors (Lipinski definition) is 5. The van der Waals surface area contributed by atoms with E-state index in [9.17, 15) is 23.1 Å². The summed E-state index contributed by atoms with van der Waals surface area (Å²) >= 11 is 0. The van der Waals surface area contributed by atoms with Crippen LogP contribution in [-0.2, 0) is 17.3 Å². The molecule has 1 aromatic heterocycles. The first-order valence-electron chi connectivity index (χ1n) is 14.0. The largest absolute Gasteiger partial charge is 0.512 e. The smallest absolute Gasteiger partial charge is 0.493 e. The zero-order valence-corrected chi connectivity index (χ0v) is 23.1. The molecule has 0 atom stereocenters. The first kappa shape index (κ1) is 28.4. The van der Waals surface area contributed by atoms with Gasteiger partial charge in [0.15, 0.2) is 0 Å². The molecule has 0 unspecified atom stereocenters. The van der Waals surface area contributed by atoms with E-state index in [0.29, 0.717) is 73.5 Å². The summed E-state index contributed by atoms with van der Waals surface area (Å²) in [6, 6.07) is 22.9. The minimum absolute atomic E-state index is 0.0162. The molecule has 7 nitrogen and oxygen atoms in total. The molecule has 0 bridgehead atoms. The predicted octanol–water partition coefficient (Wildman–Crippen LogP) is 7.91. The number of ether oxygens (including phenoxy) is 3. The molecule has 10 heteroatoms. The Morgan fingerprint density at radius 3 is 2.44 bits per heavy atom. The van der Waals surface area contributed by atoms with Crippen LogP contribution in [0.3, 0.4) is 0 Å². The van der Waals surface area contributed by atoms with E-state index in [0.717, 1.165) is 22.6 Å². The standard InChI is InChI=1S/C33H29F3N2O5/c34-33(35,36)26-13-5-14-27(38-16-19-41-20-17-38)29(26)25-11-4-10-23-24(31(37-30(23)25)43-32(39)40)12-6-18-42-28-15-3-8-21-7-1-2-9-22(21)28/h1-5,7-11,13-15,37H,6,12,16-20H2,(H,39,40). The number of aromatic nitrogens is 1. The van der Waals surface area contributed by atoms with Gasteiger partial charge in [-0.15, -0.1) is 0 Å². The summed E-state index contributed by atoms with van der Waals surface area (Å²) in [5.74, 6) is 0.721. The molecule has 0 saturated carbocycles. The average molecular weight is 591 g/mol. The number of nitrogens with zero attached hydrogens (tertiary/aromatic N) is 1. The molecule has 0 amide bonds. The maximum absolute atomic E-state index is 14.4. The quantitative estimate of drug-likeness (QED) is 0.141. The SMILES string of the molecule is O=C(O)Oc1[nH]c2c(-c3c(N4CCOCC4)cccc3C(F)(F)F)cccc2c1CCCOc1cccc2ccccc12. The van der Waals surface area contributed by atoms with E-state index in [1.165, 1.54) is 6.07 Å². The number of nitrogens with one attached hydrogen (secondary N) is 1. The van der Waals surface area contributed by atoms with Crippen LogP contribution >= 0.6 is 0 Å². The van der Waals surface area contributed by atoms with Gasteiger partial charge >= 0.3 is 12.3 Å². The molecule has 5 aromatic rings. The van der Waals surface area contributed by atoms with Crippen LogP contribution in [0.25, 0.3) is 32.8 Å². The van der Waals surface area contributed by atoms with Gasteiger partial charge < -0.3 is 29.2 Å². The molecular formula is C33H29F3N2O5. The summed E-state index contributed by atoms with van der Waals surface area (Å²) < 4.78 is 59.8. The van der Waals surface area contributed by atoms with Crippen LogP contribution in [-0.4, -0.2) is 49.2 Å². The Bertz CT molecular complexity index is 1770. The van der Waals surface area contributed by atoms with Crippen molar-refractivity contribution in [2.45, 2.75) is 19.0 Å².